The molecule has 7 heteroatoms. The van der Waals surface area contributed by atoms with Gasteiger partial charge in [0.2, 0.25) is 5.91 Å². The number of piperidine rings is 1. The Morgan fingerprint density at radius 3 is 2.28 bits per heavy atom. The number of likely N-dealkylation sites (tertiary alicyclic amines) is 1. The monoisotopic (exact) mass is 416 g/mol. The van der Waals surface area contributed by atoms with E-state index in [1.54, 1.807) is 36.3 Å². The first-order valence-electron chi connectivity index (χ1n) is 9.62. The van der Waals surface area contributed by atoms with Crippen molar-refractivity contribution in [1.29, 1.82) is 0 Å². The Morgan fingerprint density at radius 1 is 1.03 bits per heavy atom. The summed E-state index contributed by atoms with van der Waals surface area (Å²) in [5, 5.41) is 3.69. The Hall–Kier alpha value is -2.73. The zero-order valence-electron chi connectivity index (χ0n) is 16.4. The van der Waals surface area contributed by atoms with Crippen LogP contribution in [0, 0.1) is 0 Å². The van der Waals surface area contributed by atoms with Crippen molar-refractivity contribution < 1.29 is 19.1 Å². The van der Waals surface area contributed by atoms with Gasteiger partial charge < -0.3 is 19.7 Å². The van der Waals surface area contributed by atoms with Gasteiger partial charge in [-0.1, -0.05) is 23.7 Å². The van der Waals surface area contributed by atoms with Crippen molar-refractivity contribution in [3.63, 3.8) is 0 Å². The van der Waals surface area contributed by atoms with Gasteiger partial charge in [-0.25, -0.2) is 0 Å². The minimum Gasteiger partial charge on any atom is -0.497 e. The second-order valence-corrected chi connectivity index (χ2v) is 7.43. The van der Waals surface area contributed by atoms with E-state index in [-0.39, 0.29) is 24.5 Å². The molecule has 1 fully saturated rings. The van der Waals surface area contributed by atoms with Crippen LogP contribution < -0.4 is 14.8 Å². The zero-order valence-corrected chi connectivity index (χ0v) is 17.2. The Bertz CT molecular complexity index is 816. The van der Waals surface area contributed by atoms with Gasteiger partial charge in [0.15, 0.2) is 6.61 Å². The number of carbonyl (C=O) groups excluding carboxylic acids is 2. The molecule has 0 unspecified atom stereocenters. The molecule has 1 N–H and O–H groups in total. The SMILES string of the molecule is COc1ccc(CC(=O)NC2CCN(C(=O)COc3ccc(Cl)cc3)CC2)cc1. The first kappa shape index (κ1) is 21.0. The highest BCUT2D eigenvalue weighted by Gasteiger charge is 2.24. The lowest BCUT2D eigenvalue weighted by Crippen LogP contribution is -2.48. The molecule has 0 bridgehead atoms. The van der Waals surface area contributed by atoms with E-state index in [2.05, 4.69) is 5.32 Å². The minimum atomic E-state index is -0.0528. The average Bonchev–Trinajstić information content (AvgIpc) is 2.74. The Morgan fingerprint density at radius 2 is 1.66 bits per heavy atom. The van der Waals surface area contributed by atoms with Crippen LogP contribution in [0.3, 0.4) is 0 Å². The average molecular weight is 417 g/mol. The minimum absolute atomic E-state index is 0.00384. The number of methoxy groups -OCH3 is 1. The Kier molecular flexibility index (Phi) is 7.36. The number of carbonyl (C=O) groups is 2. The largest absolute Gasteiger partial charge is 0.497 e. The molecule has 154 valence electrons. The number of benzene rings is 2. The topological polar surface area (TPSA) is 67.9 Å². The predicted molar refractivity (Wildman–Crippen MR) is 111 cm³/mol. The maximum Gasteiger partial charge on any atom is 0.260 e. The molecule has 3 rings (SSSR count). The molecular weight excluding hydrogens is 392 g/mol. The van der Waals surface area contributed by atoms with Crippen LogP contribution in [-0.2, 0) is 16.0 Å². The quantitative estimate of drug-likeness (QED) is 0.753. The van der Waals surface area contributed by atoms with Crippen LogP contribution in [0.15, 0.2) is 48.5 Å². The highest BCUT2D eigenvalue weighted by molar-refractivity contribution is 6.30. The van der Waals surface area contributed by atoms with Gasteiger partial charge in [0.05, 0.1) is 13.5 Å². The molecule has 1 saturated heterocycles. The van der Waals surface area contributed by atoms with E-state index in [1.807, 2.05) is 24.3 Å². The second-order valence-electron chi connectivity index (χ2n) is 6.99. The third-order valence-corrected chi connectivity index (χ3v) is 5.16. The number of nitrogens with zero attached hydrogens (tertiary/aromatic N) is 1. The van der Waals surface area contributed by atoms with Crippen LogP contribution in [0.5, 0.6) is 11.5 Å². The first-order valence-corrected chi connectivity index (χ1v) is 9.99. The molecule has 0 aliphatic carbocycles. The highest BCUT2D eigenvalue weighted by atomic mass is 35.5. The second kappa shape index (κ2) is 10.2. The first-order chi connectivity index (χ1) is 14.0. The van der Waals surface area contributed by atoms with E-state index in [1.165, 1.54) is 0 Å². The number of ether oxygens (including phenoxy) is 2. The van der Waals surface area contributed by atoms with Gasteiger partial charge in [-0.05, 0) is 54.8 Å². The standard InChI is InChI=1S/C22H25ClN2O4/c1-28-19-6-2-16(3-7-19)14-21(26)24-18-10-12-25(13-11-18)22(27)15-29-20-8-4-17(23)5-9-20/h2-9,18H,10-15H2,1H3,(H,24,26). The number of amides is 2. The summed E-state index contributed by atoms with van der Waals surface area (Å²) in [5.74, 6) is 1.32. The maximum absolute atomic E-state index is 12.3. The van der Waals surface area contributed by atoms with Crippen molar-refractivity contribution in [3.8, 4) is 11.5 Å². The fraction of sp³-hybridized carbons (Fsp3) is 0.364. The van der Waals surface area contributed by atoms with E-state index in [9.17, 15) is 9.59 Å². The summed E-state index contributed by atoms with van der Waals surface area (Å²) in [7, 11) is 1.61. The van der Waals surface area contributed by atoms with Crippen molar-refractivity contribution in [2.75, 3.05) is 26.8 Å². The lowest BCUT2D eigenvalue weighted by atomic mass is 10.0. The fourth-order valence-corrected chi connectivity index (χ4v) is 3.37. The van der Waals surface area contributed by atoms with E-state index in [0.717, 1.165) is 24.2 Å². The summed E-state index contributed by atoms with van der Waals surface area (Å²) in [6.45, 7) is 1.21. The van der Waals surface area contributed by atoms with E-state index in [4.69, 9.17) is 21.1 Å². The van der Waals surface area contributed by atoms with E-state index in [0.29, 0.717) is 30.3 Å². The van der Waals surface area contributed by atoms with Crippen molar-refractivity contribution in [1.82, 2.24) is 10.2 Å². The molecule has 6 nitrogen and oxygen atoms in total. The van der Waals surface area contributed by atoms with E-state index >= 15 is 0 Å². The molecule has 0 aromatic heterocycles. The van der Waals surface area contributed by atoms with Crippen LogP contribution in [0.2, 0.25) is 5.02 Å². The number of halogens is 1. The van der Waals surface area contributed by atoms with Crippen LogP contribution in [0.4, 0.5) is 0 Å². The number of hydrogen-bond acceptors (Lipinski definition) is 4. The maximum atomic E-state index is 12.3. The van der Waals surface area contributed by atoms with Crippen LogP contribution >= 0.6 is 11.6 Å². The zero-order chi connectivity index (χ0) is 20.6. The molecule has 2 amide bonds. The Balaban J connectivity index is 1.38. The molecule has 0 spiro atoms. The molecule has 29 heavy (non-hydrogen) atoms. The normalized spacial score (nSPS) is 14.3. The molecular formula is C22H25ClN2O4. The summed E-state index contributed by atoms with van der Waals surface area (Å²) in [4.78, 5) is 26.4. The smallest absolute Gasteiger partial charge is 0.260 e. The van der Waals surface area contributed by atoms with Gasteiger partial charge in [-0.3, -0.25) is 9.59 Å². The van der Waals surface area contributed by atoms with Crippen molar-refractivity contribution in [2.24, 2.45) is 0 Å². The molecule has 0 radical (unpaired) electrons. The van der Waals surface area contributed by atoms with Crippen molar-refractivity contribution in [3.05, 3.63) is 59.1 Å². The van der Waals surface area contributed by atoms with Gasteiger partial charge >= 0.3 is 0 Å². The summed E-state index contributed by atoms with van der Waals surface area (Å²) in [6, 6.07) is 14.5. The summed E-state index contributed by atoms with van der Waals surface area (Å²) >= 11 is 5.84. The lowest BCUT2D eigenvalue weighted by Gasteiger charge is -2.32. The third kappa shape index (κ3) is 6.39. The molecule has 2 aromatic rings. The Labute approximate surface area is 175 Å². The van der Waals surface area contributed by atoms with Crippen LogP contribution in [0.1, 0.15) is 18.4 Å². The molecule has 1 aliphatic heterocycles. The lowest BCUT2D eigenvalue weighted by molar-refractivity contribution is -0.134. The van der Waals surface area contributed by atoms with Crippen molar-refractivity contribution >= 4 is 23.4 Å². The number of hydrogen-bond donors (Lipinski definition) is 1. The van der Waals surface area contributed by atoms with E-state index < -0.39 is 0 Å². The van der Waals surface area contributed by atoms with Gasteiger partial charge in [0.25, 0.3) is 5.91 Å². The molecule has 1 aliphatic rings. The fourth-order valence-electron chi connectivity index (χ4n) is 3.25. The van der Waals surface area contributed by atoms with Gasteiger partial charge in [0.1, 0.15) is 11.5 Å². The summed E-state index contributed by atoms with van der Waals surface area (Å²) in [5.41, 5.74) is 0.940. The molecule has 0 saturated carbocycles. The molecule has 2 aromatic carbocycles. The predicted octanol–water partition coefficient (Wildman–Crippen LogP) is 3.08. The van der Waals surface area contributed by atoms with Crippen LogP contribution in [0.25, 0.3) is 0 Å². The summed E-state index contributed by atoms with van der Waals surface area (Å²) < 4.78 is 10.6. The number of nitrogens with one attached hydrogen (secondary N) is 1. The van der Waals surface area contributed by atoms with Gasteiger partial charge in [-0.15, -0.1) is 0 Å². The molecule has 1 heterocycles. The molecule has 0 atom stereocenters. The number of rotatable bonds is 7. The summed E-state index contributed by atoms with van der Waals surface area (Å²) in [6.07, 6.45) is 1.81. The van der Waals surface area contributed by atoms with Crippen molar-refractivity contribution in [2.45, 2.75) is 25.3 Å². The third-order valence-electron chi connectivity index (χ3n) is 4.91. The van der Waals surface area contributed by atoms with Gasteiger partial charge in [-0.2, -0.15) is 0 Å². The van der Waals surface area contributed by atoms with Gasteiger partial charge in [0, 0.05) is 24.2 Å². The van der Waals surface area contributed by atoms with Crippen LogP contribution in [-0.4, -0.2) is 49.6 Å². The highest BCUT2D eigenvalue weighted by Crippen LogP contribution is 2.17.